The lowest BCUT2D eigenvalue weighted by Gasteiger charge is -2.31. The summed E-state index contributed by atoms with van der Waals surface area (Å²) in [5.74, 6) is 1.09. The van der Waals surface area contributed by atoms with Crippen molar-refractivity contribution in [2.75, 3.05) is 0 Å². The van der Waals surface area contributed by atoms with E-state index in [1.54, 1.807) is 0 Å². The van der Waals surface area contributed by atoms with Gasteiger partial charge in [0.05, 0.1) is 5.92 Å². The van der Waals surface area contributed by atoms with Crippen LogP contribution in [-0.4, -0.2) is 5.97 Å². The number of hydrogen-bond acceptors (Lipinski definition) is 3. The van der Waals surface area contributed by atoms with Crippen LogP contribution in [0.5, 0.6) is 5.75 Å². The smallest absolute Gasteiger partial charge is 0.309 e. The summed E-state index contributed by atoms with van der Waals surface area (Å²) in [5.41, 5.74) is 5.96. The molecule has 1 aliphatic carbocycles. The number of rotatable bonds is 3. The Labute approximate surface area is 162 Å². The van der Waals surface area contributed by atoms with Crippen LogP contribution in [0.1, 0.15) is 47.3 Å². The van der Waals surface area contributed by atoms with E-state index in [0.29, 0.717) is 6.61 Å². The molecule has 4 rings (SSSR count). The van der Waals surface area contributed by atoms with Gasteiger partial charge in [0, 0.05) is 21.5 Å². The highest BCUT2D eigenvalue weighted by Gasteiger charge is 2.46. The maximum absolute atomic E-state index is 12.1. The maximum atomic E-state index is 12.1. The number of aryl methyl sites for hydroxylation is 1. The second-order valence-electron chi connectivity index (χ2n) is 7.44. The van der Waals surface area contributed by atoms with Gasteiger partial charge in [0.1, 0.15) is 18.5 Å². The molecule has 0 spiro atoms. The van der Waals surface area contributed by atoms with E-state index in [2.05, 4.69) is 41.9 Å². The molecule has 2 aliphatic rings. The quantitative estimate of drug-likeness (QED) is 0.627. The van der Waals surface area contributed by atoms with Gasteiger partial charge in [-0.25, -0.2) is 0 Å². The van der Waals surface area contributed by atoms with Gasteiger partial charge in [0.15, 0.2) is 0 Å². The molecule has 1 saturated heterocycles. The minimum absolute atomic E-state index is 0.0160. The number of halogens is 1. The van der Waals surface area contributed by atoms with Gasteiger partial charge in [0.25, 0.3) is 0 Å². The third-order valence-electron chi connectivity index (χ3n) is 5.92. The van der Waals surface area contributed by atoms with E-state index in [1.165, 1.54) is 16.7 Å². The average molecular weight is 415 g/mol. The van der Waals surface area contributed by atoms with Crippen LogP contribution >= 0.6 is 15.9 Å². The molecule has 1 heterocycles. The third kappa shape index (κ3) is 2.84. The number of carbonyl (C=O) groups excluding carboxylic acids is 1. The third-order valence-corrected chi connectivity index (χ3v) is 6.70. The standard InChI is InChI=1S/C22H23BrO3/c1-12-10-19(25-11-15-6-4-5-7-18(15)23)14(3)20-16(12)8-9-17-13(2)22(24)26-21(17)20/h4-7,10,13,17,21H,8-9,11H2,1-3H3/t13?,17-,21+/m0/s1. The van der Waals surface area contributed by atoms with E-state index in [4.69, 9.17) is 9.47 Å². The lowest BCUT2D eigenvalue weighted by atomic mass is 9.74. The topological polar surface area (TPSA) is 35.5 Å². The minimum atomic E-state index is -0.119. The predicted molar refractivity (Wildman–Crippen MR) is 104 cm³/mol. The molecule has 3 nitrogen and oxygen atoms in total. The Kier molecular flexibility index (Phi) is 4.55. The molecule has 0 saturated carbocycles. The van der Waals surface area contributed by atoms with Gasteiger partial charge in [-0.1, -0.05) is 41.1 Å². The van der Waals surface area contributed by atoms with E-state index < -0.39 is 0 Å². The summed E-state index contributed by atoms with van der Waals surface area (Å²) in [7, 11) is 0. The monoisotopic (exact) mass is 414 g/mol. The van der Waals surface area contributed by atoms with E-state index in [9.17, 15) is 4.79 Å². The summed E-state index contributed by atoms with van der Waals surface area (Å²) < 4.78 is 13.0. The zero-order valence-corrected chi connectivity index (χ0v) is 16.9. The summed E-state index contributed by atoms with van der Waals surface area (Å²) in [5, 5.41) is 0. The summed E-state index contributed by atoms with van der Waals surface area (Å²) in [6, 6.07) is 10.2. The van der Waals surface area contributed by atoms with Gasteiger partial charge in [-0.2, -0.15) is 0 Å². The lowest BCUT2D eigenvalue weighted by molar-refractivity contribution is -0.144. The molecular formula is C22H23BrO3. The molecule has 3 atom stereocenters. The SMILES string of the molecule is Cc1cc(OCc2ccccc2Br)c(C)c2c1CC[C@H]1C(C)C(=O)O[C@@H]21. The van der Waals surface area contributed by atoms with Crippen molar-refractivity contribution < 1.29 is 14.3 Å². The summed E-state index contributed by atoms with van der Waals surface area (Å²) in [6.07, 6.45) is 1.91. The van der Waals surface area contributed by atoms with Crippen LogP contribution in [0.3, 0.4) is 0 Å². The highest BCUT2D eigenvalue weighted by molar-refractivity contribution is 9.10. The van der Waals surface area contributed by atoms with Crippen LogP contribution < -0.4 is 4.74 Å². The summed E-state index contributed by atoms with van der Waals surface area (Å²) in [6.45, 7) is 6.72. The number of fused-ring (bicyclic) bond motifs is 3. The molecule has 0 N–H and O–H groups in total. The molecule has 1 unspecified atom stereocenters. The van der Waals surface area contributed by atoms with Gasteiger partial charge in [-0.15, -0.1) is 0 Å². The van der Waals surface area contributed by atoms with Crippen LogP contribution in [0, 0.1) is 25.7 Å². The van der Waals surface area contributed by atoms with Gasteiger partial charge < -0.3 is 9.47 Å². The van der Waals surface area contributed by atoms with Crippen LogP contribution in [0.4, 0.5) is 0 Å². The molecule has 1 fully saturated rings. The van der Waals surface area contributed by atoms with Crippen molar-refractivity contribution in [1.29, 1.82) is 0 Å². The Morgan fingerprint density at radius 1 is 1.27 bits per heavy atom. The van der Waals surface area contributed by atoms with Crippen molar-refractivity contribution in [3.05, 3.63) is 62.6 Å². The molecule has 2 aromatic rings. The van der Waals surface area contributed by atoms with Crippen LogP contribution in [0.2, 0.25) is 0 Å². The molecule has 0 radical (unpaired) electrons. The van der Waals surface area contributed by atoms with Crippen molar-refractivity contribution in [3.63, 3.8) is 0 Å². The fourth-order valence-electron chi connectivity index (χ4n) is 4.34. The van der Waals surface area contributed by atoms with Crippen molar-refractivity contribution in [1.82, 2.24) is 0 Å². The van der Waals surface area contributed by atoms with Crippen LogP contribution in [-0.2, 0) is 22.6 Å². The zero-order valence-electron chi connectivity index (χ0n) is 15.3. The number of benzene rings is 2. The molecule has 136 valence electrons. The Hall–Kier alpha value is -1.81. The maximum Gasteiger partial charge on any atom is 0.309 e. The van der Waals surface area contributed by atoms with Gasteiger partial charge >= 0.3 is 5.97 Å². The predicted octanol–water partition coefficient (Wildman–Crippen LogP) is 5.44. The summed E-state index contributed by atoms with van der Waals surface area (Å²) >= 11 is 3.58. The first-order chi connectivity index (χ1) is 12.5. The molecule has 2 aromatic carbocycles. The van der Waals surface area contributed by atoms with E-state index in [1.807, 2.05) is 25.1 Å². The fraction of sp³-hybridized carbons (Fsp3) is 0.409. The van der Waals surface area contributed by atoms with Gasteiger partial charge in [-0.3, -0.25) is 4.79 Å². The second kappa shape index (κ2) is 6.73. The Morgan fingerprint density at radius 2 is 2.04 bits per heavy atom. The Morgan fingerprint density at radius 3 is 2.81 bits per heavy atom. The molecule has 4 heteroatoms. The molecule has 0 aromatic heterocycles. The normalized spacial score (nSPS) is 24.0. The first-order valence-electron chi connectivity index (χ1n) is 9.17. The van der Waals surface area contributed by atoms with E-state index in [0.717, 1.165) is 34.2 Å². The van der Waals surface area contributed by atoms with Gasteiger partial charge in [0.2, 0.25) is 0 Å². The van der Waals surface area contributed by atoms with E-state index in [-0.39, 0.29) is 23.9 Å². The van der Waals surface area contributed by atoms with Crippen LogP contribution in [0.25, 0.3) is 0 Å². The zero-order chi connectivity index (χ0) is 18.4. The minimum Gasteiger partial charge on any atom is -0.489 e. The second-order valence-corrected chi connectivity index (χ2v) is 8.29. The van der Waals surface area contributed by atoms with Crippen molar-refractivity contribution in [2.24, 2.45) is 11.8 Å². The number of hydrogen-bond donors (Lipinski definition) is 0. The van der Waals surface area contributed by atoms with Crippen molar-refractivity contribution in [2.45, 2.75) is 46.3 Å². The number of esters is 1. The molecule has 0 amide bonds. The first-order valence-corrected chi connectivity index (χ1v) is 9.96. The molecule has 0 bridgehead atoms. The Balaban J connectivity index is 1.68. The fourth-order valence-corrected chi connectivity index (χ4v) is 4.74. The van der Waals surface area contributed by atoms with E-state index >= 15 is 0 Å². The highest BCUT2D eigenvalue weighted by Crippen LogP contribution is 2.49. The summed E-state index contributed by atoms with van der Waals surface area (Å²) in [4.78, 5) is 12.1. The molecular weight excluding hydrogens is 392 g/mol. The first kappa shape index (κ1) is 17.6. The van der Waals surface area contributed by atoms with Crippen molar-refractivity contribution in [3.8, 4) is 5.75 Å². The van der Waals surface area contributed by atoms with Crippen molar-refractivity contribution >= 4 is 21.9 Å². The molecule has 1 aliphatic heterocycles. The Bertz CT molecular complexity index is 874. The number of ether oxygens (including phenoxy) is 2. The number of carbonyl (C=O) groups is 1. The highest BCUT2D eigenvalue weighted by atomic mass is 79.9. The van der Waals surface area contributed by atoms with Gasteiger partial charge in [-0.05, 0) is 55.5 Å². The lowest BCUT2D eigenvalue weighted by Crippen LogP contribution is -2.22. The van der Waals surface area contributed by atoms with Crippen LogP contribution in [0.15, 0.2) is 34.8 Å². The molecule has 26 heavy (non-hydrogen) atoms. The average Bonchev–Trinajstić information content (AvgIpc) is 2.92. The largest absolute Gasteiger partial charge is 0.489 e.